The monoisotopic (exact) mass is 526 g/mol. The number of nitrogens with zero attached hydrogens (tertiary/aromatic N) is 4. The van der Waals surface area contributed by atoms with E-state index in [1.807, 2.05) is 0 Å². The van der Waals surface area contributed by atoms with Crippen molar-refractivity contribution in [2.24, 2.45) is 0 Å². The fourth-order valence-corrected chi connectivity index (χ4v) is 6.76. The van der Waals surface area contributed by atoms with Gasteiger partial charge in [-0.1, -0.05) is 11.6 Å². The second-order valence-electron chi connectivity index (χ2n) is 8.68. The van der Waals surface area contributed by atoms with Gasteiger partial charge in [-0.15, -0.1) is 11.3 Å². The number of amides is 2. The van der Waals surface area contributed by atoms with Crippen molar-refractivity contribution in [3.05, 3.63) is 39.3 Å². The van der Waals surface area contributed by atoms with Crippen LogP contribution in [-0.4, -0.2) is 81.4 Å². The second kappa shape index (κ2) is 9.54. The molecule has 12 heteroatoms. The van der Waals surface area contributed by atoms with Gasteiger partial charge in [0.05, 0.1) is 24.1 Å². The highest BCUT2D eigenvalue weighted by Crippen LogP contribution is 2.47. The van der Waals surface area contributed by atoms with E-state index in [0.29, 0.717) is 41.1 Å². The Morgan fingerprint density at radius 1 is 1.32 bits per heavy atom. The smallest absolute Gasteiger partial charge is 0.242 e. The SMILES string of the molecule is COCCN(C)S(=O)(=O)c1ccc2c(c1)C1(CCN(C(C)=O)C1)CN2C(=O)Cc1ncc(Cl)s1. The number of benzene rings is 1. The average molecular weight is 527 g/mol. The van der Waals surface area contributed by atoms with Crippen molar-refractivity contribution >= 4 is 50.5 Å². The molecular formula is C22H27ClN4O5S2. The molecule has 0 N–H and O–H groups in total. The van der Waals surface area contributed by atoms with Crippen molar-refractivity contribution in [1.82, 2.24) is 14.2 Å². The third-order valence-electron chi connectivity index (χ3n) is 6.54. The minimum absolute atomic E-state index is 0.0382. The van der Waals surface area contributed by atoms with Crippen molar-refractivity contribution in [3.63, 3.8) is 0 Å². The number of carbonyl (C=O) groups is 2. The zero-order chi connectivity index (χ0) is 24.7. The number of anilines is 1. The molecule has 9 nitrogen and oxygen atoms in total. The predicted octanol–water partition coefficient (Wildman–Crippen LogP) is 2.14. The molecule has 1 atom stereocenters. The number of aromatic nitrogens is 1. The molecule has 3 heterocycles. The van der Waals surface area contributed by atoms with Crippen molar-refractivity contribution in [2.45, 2.75) is 30.1 Å². The lowest BCUT2D eigenvalue weighted by Gasteiger charge is -2.25. The van der Waals surface area contributed by atoms with Gasteiger partial charge < -0.3 is 14.5 Å². The summed E-state index contributed by atoms with van der Waals surface area (Å²) in [5, 5.41) is 0.619. The number of fused-ring (bicyclic) bond motifs is 2. The molecule has 34 heavy (non-hydrogen) atoms. The van der Waals surface area contributed by atoms with Crippen LogP contribution < -0.4 is 4.90 Å². The molecule has 2 aromatic rings. The first-order valence-electron chi connectivity index (χ1n) is 10.8. The van der Waals surface area contributed by atoms with E-state index in [4.69, 9.17) is 16.3 Å². The first-order valence-corrected chi connectivity index (χ1v) is 13.5. The maximum atomic E-state index is 13.3. The van der Waals surface area contributed by atoms with Crippen LogP contribution in [0.2, 0.25) is 4.34 Å². The van der Waals surface area contributed by atoms with Crippen LogP contribution >= 0.6 is 22.9 Å². The molecule has 2 aliphatic rings. The molecule has 1 unspecified atom stereocenters. The lowest BCUT2D eigenvalue weighted by Crippen LogP contribution is -2.40. The zero-order valence-electron chi connectivity index (χ0n) is 19.3. The Labute approximate surface area is 208 Å². The largest absolute Gasteiger partial charge is 0.383 e. The summed E-state index contributed by atoms with van der Waals surface area (Å²) < 4.78 is 33.1. The number of thiazole rings is 1. The fourth-order valence-electron chi connectivity index (χ4n) is 4.64. The molecule has 1 aromatic heterocycles. The van der Waals surface area contributed by atoms with Gasteiger partial charge in [-0.05, 0) is 30.2 Å². The minimum Gasteiger partial charge on any atom is -0.383 e. The first-order chi connectivity index (χ1) is 16.1. The van der Waals surface area contributed by atoms with E-state index in [2.05, 4.69) is 4.98 Å². The van der Waals surface area contributed by atoms with Gasteiger partial charge in [0.2, 0.25) is 21.8 Å². The summed E-state index contributed by atoms with van der Waals surface area (Å²) in [6, 6.07) is 4.91. The van der Waals surface area contributed by atoms with Crippen LogP contribution in [0.5, 0.6) is 0 Å². The first kappa shape index (κ1) is 25.1. The number of methoxy groups -OCH3 is 1. The molecule has 1 fully saturated rings. The normalized spacial score (nSPS) is 19.9. The molecule has 4 rings (SSSR count). The Balaban J connectivity index is 1.71. The summed E-state index contributed by atoms with van der Waals surface area (Å²) in [5.41, 5.74) is 0.938. The molecule has 2 amide bonds. The second-order valence-corrected chi connectivity index (χ2v) is 12.5. The van der Waals surface area contributed by atoms with Crippen molar-refractivity contribution in [1.29, 1.82) is 0 Å². The number of likely N-dealkylation sites (tertiary alicyclic amines) is 1. The third kappa shape index (κ3) is 4.59. The fraction of sp³-hybridized carbons (Fsp3) is 0.500. The molecule has 184 valence electrons. The summed E-state index contributed by atoms with van der Waals surface area (Å²) in [5.74, 6) is -0.179. The van der Waals surface area contributed by atoms with Crippen LogP contribution in [0.15, 0.2) is 29.3 Å². The zero-order valence-corrected chi connectivity index (χ0v) is 21.7. The highest BCUT2D eigenvalue weighted by molar-refractivity contribution is 7.89. The van der Waals surface area contributed by atoms with Crippen LogP contribution in [0.4, 0.5) is 5.69 Å². The highest BCUT2D eigenvalue weighted by Gasteiger charge is 2.49. The van der Waals surface area contributed by atoms with Gasteiger partial charge >= 0.3 is 0 Å². The number of carbonyl (C=O) groups excluding carboxylic acids is 2. The van der Waals surface area contributed by atoms with Gasteiger partial charge in [-0.25, -0.2) is 13.4 Å². The van der Waals surface area contributed by atoms with E-state index < -0.39 is 15.4 Å². The Morgan fingerprint density at radius 3 is 2.71 bits per heavy atom. The van der Waals surface area contributed by atoms with Crippen LogP contribution in [0.25, 0.3) is 0 Å². The summed E-state index contributed by atoms with van der Waals surface area (Å²) in [6.07, 6.45) is 2.27. The molecule has 0 saturated carbocycles. The lowest BCUT2D eigenvalue weighted by atomic mass is 9.81. The van der Waals surface area contributed by atoms with E-state index in [1.165, 1.54) is 49.0 Å². The van der Waals surface area contributed by atoms with Gasteiger partial charge in [-0.3, -0.25) is 9.59 Å². The lowest BCUT2D eigenvalue weighted by molar-refractivity contribution is -0.127. The van der Waals surface area contributed by atoms with Crippen LogP contribution in [0.3, 0.4) is 0 Å². The van der Waals surface area contributed by atoms with E-state index in [1.54, 1.807) is 21.9 Å². The van der Waals surface area contributed by atoms with Gasteiger partial charge in [0.25, 0.3) is 0 Å². The number of sulfonamides is 1. The topological polar surface area (TPSA) is 100 Å². The number of ether oxygens (including phenoxy) is 1. The summed E-state index contributed by atoms with van der Waals surface area (Å²) >= 11 is 7.23. The summed E-state index contributed by atoms with van der Waals surface area (Å²) in [6.45, 7) is 3.40. The van der Waals surface area contributed by atoms with E-state index in [9.17, 15) is 18.0 Å². The highest BCUT2D eigenvalue weighted by atomic mass is 35.5. The van der Waals surface area contributed by atoms with Crippen LogP contribution in [0, 0.1) is 0 Å². The Bertz CT molecular complexity index is 1220. The van der Waals surface area contributed by atoms with E-state index in [-0.39, 0.29) is 36.3 Å². The van der Waals surface area contributed by atoms with Gasteiger partial charge in [0.1, 0.15) is 9.34 Å². The number of likely N-dealkylation sites (N-methyl/N-ethyl adjacent to an activating group) is 1. The van der Waals surface area contributed by atoms with Gasteiger partial charge in [-0.2, -0.15) is 4.31 Å². The average Bonchev–Trinajstić information content (AvgIpc) is 3.50. The molecule has 2 aliphatic heterocycles. The Hall–Kier alpha value is -2.05. The maximum Gasteiger partial charge on any atom is 0.242 e. The Kier molecular flexibility index (Phi) is 7.03. The van der Waals surface area contributed by atoms with Crippen molar-refractivity contribution in [2.75, 3.05) is 51.8 Å². The minimum atomic E-state index is -3.75. The van der Waals surface area contributed by atoms with Gasteiger partial charge in [0, 0.05) is 58.4 Å². The van der Waals surface area contributed by atoms with Gasteiger partial charge in [0.15, 0.2) is 0 Å². The molecular weight excluding hydrogens is 500 g/mol. The molecule has 0 aliphatic carbocycles. The van der Waals surface area contributed by atoms with Crippen molar-refractivity contribution in [3.8, 4) is 0 Å². The third-order valence-corrected chi connectivity index (χ3v) is 9.51. The van der Waals surface area contributed by atoms with Crippen molar-refractivity contribution < 1.29 is 22.7 Å². The number of halogens is 1. The standard InChI is InChI=1S/C22H27ClN4O5S2/c1-15(28)26-7-6-22(13-26)14-27(21(29)11-20-24-12-19(23)33-20)18-5-4-16(10-17(18)22)34(30,31)25(2)8-9-32-3/h4-5,10,12H,6-9,11,13-14H2,1-3H3. The van der Waals surface area contributed by atoms with E-state index in [0.717, 1.165) is 5.56 Å². The number of rotatable bonds is 7. The number of hydrogen-bond acceptors (Lipinski definition) is 7. The number of hydrogen-bond donors (Lipinski definition) is 0. The molecule has 1 aromatic carbocycles. The quantitative estimate of drug-likeness (QED) is 0.548. The molecule has 1 saturated heterocycles. The molecule has 0 bridgehead atoms. The van der Waals surface area contributed by atoms with Crippen LogP contribution in [-0.2, 0) is 36.2 Å². The van der Waals surface area contributed by atoms with E-state index >= 15 is 0 Å². The van der Waals surface area contributed by atoms with Crippen LogP contribution in [0.1, 0.15) is 23.9 Å². The maximum absolute atomic E-state index is 13.3. The molecule has 0 radical (unpaired) electrons. The predicted molar refractivity (Wildman–Crippen MR) is 130 cm³/mol. The molecule has 1 spiro atoms. The summed E-state index contributed by atoms with van der Waals surface area (Å²) in [4.78, 5) is 33.2. The Morgan fingerprint density at radius 2 is 2.09 bits per heavy atom. The summed E-state index contributed by atoms with van der Waals surface area (Å²) in [7, 11) is -0.713.